The molecule has 192 valence electrons. The fraction of sp³-hybridized carbons (Fsp3) is 0.476. The van der Waals surface area contributed by atoms with Crippen LogP contribution in [0.25, 0.3) is 0 Å². The van der Waals surface area contributed by atoms with Crippen LogP contribution >= 0.6 is 11.3 Å². The van der Waals surface area contributed by atoms with E-state index >= 15 is 0 Å². The number of amides is 1. The van der Waals surface area contributed by atoms with Gasteiger partial charge >= 0.3 is 12.6 Å². The van der Waals surface area contributed by atoms with Crippen molar-refractivity contribution in [1.29, 1.82) is 0 Å². The number of alkyl halides is 3. The number of thiophene rings is 1. The second-order valence-electron chi connectivity index (χ2n) is 8.72. The number of hydrogen-bond donors (Lipinski definition) is 3. The monoisotopic (exact) mass is 525 g/mol. The summed E-state index contributed by atoms with van der Waals surface area (Å²) >= 11 is 1.24. The summed E-state index contributed by atoms with van der Waals surface area (Å²) in [4.78, 5) is 25.4. The van der Waals surface area contributed by atoms with Gasteiger partial charge in [0.25, 0.3) is 0 Å². The van der Waals surface area contributed by atoms with Crippen LogP contribution in [0.1, 0.15) is 46.1 Å². The average molecular weight is 526 g/mol. The zero-order valence-corrected chi connectivity index (χ0v) is 19.8. The SMILES string of the molecule is Cn1nc(OC(F)F)cc1Nc1nncn1[C@H]1CCc2sc(NC(=O)C3CC(F)C3)c(C(=O)O)c2C1. The summed E-state index contributed by atoms with van der Waals surface area (Å²) in [7, 11) is 1.55. The summed E-state index contributed by atoms with van der Waals surface area (Å²) in [6.07, 6.45) is 2.41. The van der Waals surface area contributed by atoms with Gasteiger partial charge in [-0.3, -0.25) is 9.36 Å². The summed E-state index contributed by atoms with van der Waals surface area (Å²) in [5, 5.41) is 27.8. The largest absolute Gasteiger partial charge is 0.478 e. The number of aryl methyl sites for hydroxylation is 2. The van der Waals surface area contributed by atoms with Crippen molar-refractivity contribution in [1.82, 2.24) is 24.5 Å². The second kappa shape index (κ2) is 9.44. The lowest BCUT2D eigenvalue weighted by molar-refractivity contribution is -0.124. The van der Waals surface area contributed by atoms with E-state index in [4.69, 9.17) is 0 Å². The van der Waals surface area contributed by atoms with Crippen molar-refractivity contribution in [3.8, 4) is 5.88 Å². The molecule has 0 saturated heterocycles. The minimum atomic E-state index is -3.01. The van der Waals surface area contributed by atoms with Gasteiger partial charge in [-0.05, 0) is 37.7 Å². The first-order valence-electron chi connectivity index (χ1n) is 11.2. The van der Waals surface area contributed by atoms with E-state index < -0.39 is 24.7 Å². The van der Waals surface area contributed by atoms with Crippen LogP contribution in [0.15, 0.2) is 12.4 Å². The Bertz CT molecular complexity index is 1300. The zero-order valence-electron chi connectivity index (χ0n) is 18.9. The number of aromatic carboxylic acids is 1. The average Bonchev–Trinajstić information content (AvgIpc) is 3.47. The molecule has 5 rings (SSSR count). The summed E-state index contributed by atoms with van der Waals surface area (Å²) in [6.45, 7) is -3.01. The molecular weight excluding hydrogens is 503 g/mol. The molecule has 0 aliphatic heterocycles. The Morgan fingerprint density at radius 1 is 1.33 bits per heavy atom. The van der Waals surface area contributed by atoms with Crippen LogP contribution in [0.5, 0.6) is 5.88 Å². The highest BCUT2D eigenvalue weighted by Crippen LogP contribution is 2.42. The molecule has 36 heavy (non-hydrogen) atoms. The number of ether oxygens (including phenoxy) is 1. The number of rotatable bonds is 8. The Labute approximate surface area is 206 Å². The summed E-state index contributed by atoms with van der Waals surface area (Å²) in [5.74, 6) is -1.55. The van der Waals surface area contributed by atoms with Gasteiger partial charge in [0.1, 0.15) is 23.3 Å². The van der Waals surface area contributed by atoms with Crippen LogP contribution in [0, 0.1) is 5.92 Å². The zero-order chi connectivity index (χ0) is 25.6. The van der Waals surface area contributed by atoms with Crippen molar-refractivity contribution < 1.29 is 32.6 Å². The number of carboxylic acids is 1. The molecule has 1 amide bonds. The molecule has 1 saturated carbocycles. The van der Waals surface area contributed by atoms with Crippen LogP contribution in [0.4, 0.5) is 29.9 Å². The van der Waals surface area contributed by atoms with E-state index in [0.29, 0.717) is 36.6 Å². The first-order chi connectivity index (χ1) is 17.2. The lowest BCUT2D eigenvalue weighted by Gasteiger charge is -2.28. The number of anilines is 3. The van der Waals surface area contributed by atoms with E-state index in [2.05, 4.69) is 30.7 Å². The number of carboxylic acid groups (broad SMARTS) is 1. The van der Waals surface area contributed by atoms with Gasteiger partial charge in [0, 0.05) is 30.0 Å². The molecule has 3 N–H and O–H groups in total. The molecule has 3 heterocycles. The quantitative estimate of drug-likeness (QED) is 0.406. The van der Waals surface area contributed by atoms with Gasteiger partial charge in [-0.25, -0.2) is 13.9 Å². The Morgan fingerprint density at radius 3 is 2.81 bits per heavy atom. The van der Waals surface area contributed by atoms with Crippen molar-refractivity contribution in [2.45, 2.75) is 50.9 Å². The molecule has 2 aliphatic carbocycles. The van der Waals surface area contributed by atoms with Crippen LogP contribution in [0.3, 0.4) is 0 Å². The lowest BCUT2D eigenvalue weighted by Crippen LogP contribution is -2.35. The van der Waals surface area contributed by atoms with Gasteiger partial charge in [0.2, 0.25) is 17.7 Å². The molecule has 3 aromatic rings. The minimum absolute atomic E-state index is 0.0483. The summed E-state index contributed by atoms with van der Waals surface area (Å²) < 4.78 is 45.6. The number of nitrogens with zero attached hydrogens (tertiary/aromatic N) is 5. The van der Waals surface area contributed by atoms with E-state index in [1.54, 1.807) is 11.6 Å². The number of fused-ring (bicyclic) bond motifs is 1. The van der Waals surface area contributed by atoms with Gasteiger partial charge < -0.3 is 20.5 Å². The second-order valence-corrected chi connectivity index (χ2v) is 9.83. The predicted molar refractivity (Wildman–Crippen MR) is 122 cm³/mol. The smallest absolute Gasteiger partial charge is 0.388 e. The van der Waals surface area contributed by atoms with Crippen LogP contribution in [-0.2, 0) is 24.7 Å². The first kappa shape index (κ1) is 24.1. The van der Waals surface area contributed by atoms with Gasteiger partial charge in [0.15, 0.2) is 0 Å². The van der Waals surface area contributed by atoms with Crippen molar-refractivity contribution in [2.24, 2.45) is 13.0 Å². The van der Waals surface area contributed by atoms with E-state index in [1.165, 1.54) is 28.4 Å². The Kier molecular flexibility index (Phi) is 6.32. The van der Waals surface area contributed by atoms with Crippen molar-refractivity contribution in [2.75, 3.05) is 10.6 Å². The van der Waals surface area contributed by atoms with E-state index in [0.717, 1.165) is 4.88 Å². The van der Waals surface area contributed by atoms with E-state index in [9.17, 15) is 27.9 Å². The number of aromatic nitrogens is 5. The van der Waals surface area contributed by atoms with Gasteiger partial charge in [-0.1, -0.05) is 0 Å². The van der Waals surface area contributed by atoms with Crippen LogP contribution in [0.2, 0.25) is 0 Å². The molecule has 2 aliphatic rings. The maximum Gasteiger partial charge on any atom is 0.388 e. The highest BCUT2D eigenvalue weighted by Gasteiger charge is 2.36. The van der Waals surface area contributed by atoms with Gasteiger partial charge in [0.05, 0.1) is 5.56 Å². The highest BCUT2D eigenvalue weighted by molar-refractivity contribution is 7.17. The Balaban J connectivity index is 1.35. The molecule has 1 fully saturated rings. The molecule has 3 aromatic heterocycles. The summed E-state index contributed by atoms with van der Waals surface area (Å²) in [6, 6.07) is 1.10. The minimum Gasteiger partial charge on any atom is -0.478 e. The fourth-order valence-electron chi connectivity index (χ4n) is 4.51. The van der Waals surface area contributed by atoms with Crippen molar-refractivity contribution in [3.05, 3.63) is 28.4 Å². The topological polar surface area (TPSA) is 136 Å². The number of carbonyl (C=O) groups is 2. The third-order valence-electron chi connectivity index (χ3n) is 6.41. The highest BCUT2D eigenvalue weighted by atomic mass is 32.1. The lowest BCUT2D eigenvalue weighted by atomic mass is 9.83. The Morgan fingerprint density at radius 2 is 2.11 bits per heavy atom. The molecule has 0 unspecified atom stereocenters. The molecule has 0 aromatic carbocycles. The van der Waals surface area contributed by atoms with Crippen LogP contribution < -0.4 is 15.4 Å². The van der Waals surface area contributed by atoms with Crippen molar-refractivity contribution >= 4 is 40.0 Å². The molecule has 11 nitrogen and oxygen atoms in total. The number of hydrogen-bond acceptors (Lipinski definition) is 8. The third-order valence-corrected chi connectivity index (χ3v) is 7.62. The standard InChI is InChI=1S/C21H22F3N7O4S/c1-30-14(7-15(29-30)35-20(23)24)26-21-28-25-8-31(21)11-2-3-13-12(6-11)16(19(33)34)18(36-13)27-17(32)9-4-10(22)5-9/h7-11,20H,2-6H2,1H3,(H,26,28)(H,27,32)(H,33,34)/t9?,10?,11-/m0/s1. The van der Waals surface area contributed by atoms with Crippen molar-refractivity contribution in [3.63, 3.8) is 0 Å². The molecule has 15 heteroatoms. The predicted octanol–water partition coefficient (Wildman–Crippen LogP) is 3.53. The normalized spacial score (nSPS) is 21.1. The van der Waals surface area contributed by atoms with E-state index in [-0.39, 0.29) is 41.2 Å². The fourth-order valence-corrected chi connectivity index (χ4v) is 5.75. The molecule has 0 spiro atoms. The third kappa shape index (κ3) is 4.62. The van der Waals surface area contributed by atoms with Gasteiger partial charge in [-0.2, -0.15) is 8.78 Å². The number of halogens is 3. The van der Waals surface area contributed by atoms with Crippen LogP contribution in [-0.4, -0.2) is 54.3 Å². The molecule has 0 bridgehead atoms. The Hall–Kier alpha value is -3.62. The first-order valence-corrected chi connectivity index (χ1v) is 12.0. The number of nitrogens with one attached hydrogen (secondary N) is 2. The maximum absolute atomic E-state index is 13.2. The number of carbonyl (C=O) groups excluding carboxylic acids is 1. The maximum atomic E-state index is 13.2. The molecule has 1 atom stereocenters. The van der Waals surface area contributed by atoms with E-state index in [1.807, 2.05) is 0 Å². The van der Waals surface area contributed by atoms with Gasteiger partial charge in [-0.15, -0.1) is 26.6 Å². The molecule has 0 radical (unpaired) electrons. The molecular formula is C21H22F3N7O4S. The summed E-state index contributed by atoms with van der Waals surface area (Å²) in [5.41, 5.74) is 0.677.